The molecule has 0 radical (unpaired) electrons. The maximum Gasteiger partial charge on any atom is 0.264 e. The van der Waals surface area contributed by atoms with Gasteiger partial charge in [-0.25, -0.2) is 0 Å². The second kappa shape index (κ2) is 7.77. The number of likely N-dealkylation sites (N-methyl/N-ethyl adjacent to an activating group) is 1. The van der Waals surface area contributed by atoms with Crippen LogP contribution in [0.5, 0.6) is 5.75 Å². The molecule has 1 N–H and O–H groups in total. The number of halogens is 1. The van der Waals surface area contributed by atoms with Gasteiger partial charge in [-0.1, -0.05) is 22.9 Å². The number of piperazine rings is 1. The van der Waals surface area contributed by atoms with Crippen molar-refractivity contribution in [3.63, 3.8) is 0 Å². The first-order chi connectivity index (χ1) is 10.6. The number of aromatic nitrogens is 2. The molecular weight excluding hydrogens is 316 g/mol. The van der Waals surface area contributed by atoms with Crippen molar-refractivity contribution in [3.8, 4) is 5.75 Å². The summed E-state index contributed by atoms with van der Waals surface area (Å²) in [6, 6.07) is 6.26. The Balaban J connectivity index is 0.00000192. The van der Waals surface area contributed by atoms with Gasteiger partial charge in [-0.2, -0.15) is 4.98 Å². The van der Waals surface area contributed by atoms with Gasteiger partial charge in [0.15, 0.2) is 12.4 Å². The highest BCUT2D eigenvalue weighted by Gasteiger charge is 2.25. The SMILES string of the molecule is Cc1ccc(OCc2nc(C3CNCCN3C)no2)c(C)c1.Cl. The highest BCUT2D eigenvalue weighted by Crippen LogP contribution is 2.21. The highest BCUT2D eigenvalue weighted by atomic mass is 35.5. The van der Waals surface area contributed by atoms with Crippen molar-refractivity contribution in [2.24, 2.45) is 0 Å². The standard InChI is InChI=1S/C16H22N4O2.ClH/c1-11-4-5-14(12(2)8-11)21-10-15-18-16(19-22-15)13-9-17-6-7-20(13)3;/h4-5,8,13,17H,6-7,9-10H2,1-3H3;1H. The third-order valence-corrected chi connectivity index (χ3v) is 3.97. The molecule has 1 fully saturated rings. The van der Waals surface area contributed by atoms with Crippen LogP contribution in [0.25, 0.3) is 0 Å². The van der Waals surface area contributed by atoms with E-state index >= 15 is 0 Å². The van der Waals surface area contributed by atoms with Gasteiger partial charge in [-0.3, -0.25) is 4.90 Å². The molecule has 6 nitrogen and oxygen atoms in total. The number of nitrogens with zero attached hydrogens (tertiary/aromatic N) is 3. The Morgan fingerprint density at radius 1 is 1.39 bits per heavy atom. The lowest BCUT2D eigenvalue weighted by atomic mass is 10.1. The van der Waals surface area contributed by atoms with Crippen molar-refractivity contribution in [2.75, 3.05) is 26.7 Å². The first kappa shape index (κ1) is 17.7. The van der Waals surface area contributed by atoms with E-state index in [1.165, 1.54) is 5.56 Å². The lowest BCUT2D eigenvalue weighted by Crippen LogP contribution is -2.44. The molecule has 2 heterocycles. The van der Waals surface area contributed by atoms with E-state index in [4.69, 9.17) is 9.26 Å². The third kappa shape index (κ3) is 4.22. The molecule has 7 heteroatoms. The van der Waals surface area contributed by atoms with Crippen LogP contribution in [-0.2, 0) is 6.61 Å². The summed E-state index contributed by atoms with van der Waals surface area (Å²) in [4.78, 5) is 6.69. The molecule has 0 saturated carbocycles. The van der Waals surface area contributed by atoms with E-state index < -0.39 is 0 Å². The predicted octanol–water partition coefficient (Wildman–Crippen LogP) is 2.26. The summed E-state index contributed by atoms with van der Waals surface area (Å²) in [5.41, 5.74) is 2.33. The van der Waals surface area contributed by atoms with Crippen molar-refractivity contribution < 1.29 is 9.26 Å². The maximum absolute atomic E-state index is 5.78. The van der Waals surface area contributed by atoms with Crippen LogP contribution in [0.1, 0.15) is 28.9 Å². The second-order valence-electron chi connectivity index (χ2n) is 5.80. The Bertz CT molecular complexity index is 647. The Kier molecular flexibility index (Phi) is 5.98. The van der Waals surface area contributed by atoms with Crippen molar-refractivity contribution in [1.82, 2.24) is 20.4 Å². The quantitative estimate of drug-likeness (QED) is 0.922. The van der Waals surface area contributed by atoms with Crippen LogP contribution in [0.3, 0.4) is 0 Å². The second-order valence-corrected chi connectivity index (χ2v) is 5.80. The highest BCUT2D eigenvalue weighted by molar-refractivity contribution is 5.85. The molecule has 1 aromatic heterocycles. The van der Waals surface area contributed by atoms with Gasteiger partial charge in [0.25, 0.3) is 5.89 Å². The number of benzene rings is 1. The zero-order chi connectivity index (χ0) is 15.5. The van der Waals surface area contributed by atoms with Gasteiger partial charge < -0.3 is 14.6 Å². The number of nitrogens with one attached hydrogen (secondary N) is 1. The Hall–Kier alpha value is -1.63. The molecule has 23 heavy (non-hydrogen) atoms. The van der Waals surface area contributed by atoms with Crippen LogP contribution in [0, 0.1) is 13.8 Å². The van der Waals surface area contributed by atoms with E-state index in [2.05, 4.69) is 40.4 Å². The maximum atomic E-state index is 5.78. The molecule has 0 spiro atoms. The van der Waals surface area contributed by atoms with Crippen molar-refractivity contribution in [2.45, 2.75) is 26.5 Å². The minimum Gasteiger partial charge on any atom is -0.483 e. The monoisotopic (exact) mass is 338 g/mol. The number of hydrogen-bond donors (Lipinski definition) is 1. The summed E-state index contributed by atoms with van der Waals surface area (Å²) < 4.78 is 11.1. The molecule has 1 saturated heterocycles. The fraction of sp³-hybridized carbons (Fsp3) is 0.500. The van der Waals surface area contributed by atoms with Crippen molar-refractivity contribution in [3.05, 3.63) is 41.0 Å². The smallest absolute Gasteiger partial charge is 0.264 e. The lowest BCUT2D eigenvalue weighted by Gasteiger charge is -2.30. The Morgan fingerprint density at radius 3 is 2.96 bits per heavy atom. The van der Waals surface area contributed by atoms with Crippen molar-refractivity contribution in [1.29, 1.82) is 0 Å². The average Bonchev–Trinajstić information content (AvgIpc) is 2.95. The van der Waals surface area contributed by atoms with Gasteiger partial charge in [0.1, 0.15) is 5.75 Å². The molecular formula is C16H23ClN4O2. The summed E-state index contributed by atoms with van der Waals surface area (Å²) >= 11 is 0. The lowest BCUT2D eigenvalue weighted by molar-refractivity contribution is 0.189. The zero-order valence-electron chi connectivity index (χ0n) is 13.7. The van der Waals surface area contributed by atoms with Crippen molar-refractivity contribution >= 4 is 12.4 Å². The summed E-state index contributed by atoms with van der Waals surface area (Å²) in [7, 11) is 2.08. The van der Waals surface area contributed by atoms with Gasteiger partial charge in [0, 0.05) is 19.6 Å². The molecule has 0 bridgehead atoms. The number of aryl methyl sites for hydroxylation is 2. The number of rotatable bonds is 4. The molecule has 126 valence electrons. The summed E-state index contributed by atoms with van der Waals surface area (Å²) in [6.45, 7) is 7.20. The van der Waals surface area contributed by atoms with Crippen LogP contribution >= 0.6 is 12.4 Å². The van der Waals surface area contributed by atoms with Gasteiger partial charge in [0.2, 0.25) is 0 Å². The first-order valence-electron chi connectivity index (χ1n) is 7.57. The van der Waals surface area contributed by atoms with Crippen LogP contribution in [-0.4, -0.2) is 41.7 Å². The fourth-order valence-electron chi connectivity index (χ4n) is 2.66. The van der Waals surface area contributed by atoms with E-state index in [0.29, 0.717) is 18.3 Å². The summed E-state index contributed by atoms with van der Waals surface area (Å²) in [5, 5.41) is 7.44. The number of hydrogen-bond acceptors (Lipinski definition) is 6. The van der Waals surface area contributed by atoms with Crippen LogP contribution in [0.15, 0.2) is 22.7 Å². The fourth-order valence-corrected chi connectivity index (χ4v) is 2.66. The molecule has 0 amide bonds. The van der Waals surface area contributed by atoms with E-state index in [1.807, 2.05) is 19.1 Å². The van der Waals surface area contributed by atoms with Crippen LogP contribution < -0.4 is 10.1 Å². The van der Waals surface area contributed by atoms with E-state index in [1.54, 1.807) is 0 Å². The molecule has 1 aliphatic heterocycles. The Morgan fingerprint density at radius 2 is 2.22 bits per heavy atom. The average molecular weight is 339 g/mol. The van der Waals surface area contributed by atoms with E-state index in [0.717, 1.165) is 30.9 Å². The Labute approximate surface area is 142 Å². The molecule has 3 rings (SSSR count). The van der Waals surface area contributed by atoms with Crippen LogP contribution in [0.2, 0.25) is 0 Å². The molecule has 1 aliphatic rings. The minimum absolute atomic E-state index is 0. The molecule has 2 aromatic rings. The van der Waals surface area contributed by atoms with E-state index in [-0.39, 0.29) is 18.4 Å². The molecule has 1 unspecified atom stereocenters. The largest absolute Gasteiger partial charge is 0.483 e. The summed E-state index contributed by atoms with van der Waals surface area (Å²) in [6.07, 6.45) is 0. The van der Waals surface area contributed by atoms with Gasteiger partial charge in [-0.05, 0) is 32.5 Å². The van der Waals surface area contributed by atoms with Gasteiger partial charge >= 0.3 is 0 Å². The zero-order valence-corrected chi connectivity index (χ0v) is 14.5. The van der Waals surface area contributed by atoms with Gasteiger partial charge in [0.05, 0.1) is 6.04 Å². The number of ether oxygens (including phenoxy) is 1. The molecule has 1 aromatic carbocycles. The summed E-state index contributed by atoms with van der Waals surface area (Å²) in [5.74, 6) is 2.07. The van der Waals surface area contributed by atoms with E-state index in [9.17, 15) is 0 Å². The third-order valence-electron chi connectivity index (χ3n) is 3.97. The predicted molar refractivity (Wildman–Crippen MR) is 90.0 cm³/mol. The first-order valence-corrected chi connectivity index (χ1v) is 7.57. The van der Waals surface area contributed by atoms with Crippen LogP contribution in [0.4, 0.5) is 0 Å². The minimum atomic E-state index is 0. The molecule has 0 aliphatic carbocycles. The topological polar surface area (TPSA) is 63.4 Å². The molecule has 1 atom stereocenters. The normalized spacial score (nSPS) is 18.5. The van der Waals surface area contributed by atoms with Gasteiger partial charge in [-0.15, -0.1) is 12.4 Å².